The lowest BCUT2D eigenvalue weighted by molar-refractivity contribution is 0.575. The average molecular weight is 230 g/mol. The lowest BCUT2D eigenvalue weighted by atomic mass is 10.3. The predicted molar refractivity (Wildman–Crippen MR) is 64.4 cm³/mol. The standard InChI is InChI=1S/C12H14N4O/c17-12-15-5-2-7-16(12)8-6-14-10-11-3-1-4-13-9-11/h1-5,7,9,14H,6,8,10H2. The summed E-state index contributed by atoms with van der Waals surface area (Å²) in [7, 11) is 0. The Morgan fingerprint density at radius 3 is 3.00 bits per heavy atom. The van der Waals surface area contributed by atoms with Crippen molar-refractivity contribution in [2.24, 2.45) is 0 Å². The van der Waals surface area contributed by atoms with Crippen molar-refractivity contribution >= 4 is 0 Å². The molecule has 0 amide bonds. The van der Waals surface area contributed by atoms with Crippen LogP contribution in [0.4, 0.5) is 0 Å². The molecule has 0 aliphatic rings. The summed E-state index contributed by atoms with van der Waals surface area (Å²) in [4.78, 5) is 19.0. The summed E-state index contributed by atoms with van der Waals surface area (Å²) in [5, 5.41) is 3.25. The Bertz CT molecular complexity index is 509. The van der Waals surface area contributed by atoms with Crippen molar-refractivity contribution in [3.8, 4) is 0 Å². The van der Waals surface area contributed by atoms with Crippen LogP contribution in [0.1, 0.15) is 5.56 Å². The van der Waals surface area contributed by atoms with Gasteiger partial charge in [-0.3, -0.25) is 9.55 Å². The van der Waals surface area contributed by atoms with Gasteiger partial charge in [0.1, 0.15) is 0 Å². The van der Waals surface area contributed by atoms with Gasteiger partial charge in [-0.25, -0.2) is 9.78 Å². The Morgan fingerprint density at radius 1 is 1.29 bits per heavy atom. The van der Waals surface area contributed by atoms with Crippen molar-refractivity contribution in [1.29, 1.82) is 0 Å². The first-order valence-electron chi connectivity index (χ1n) is 5.47. The molecule has 0 aliphatic carbocycles. The molecule has 2 aromatic rings. The summed E-state index contributed by atoms with van der Waals surface area (Å²) in [6, 6.07) is 5.67. The van der Waals surface area contributed by atoms with Gasteiger partial charge in [-0.15, -0.1) is 0 Å². The van der Waals surface area contributed by atoms with E-state index in [0.717, 1.165) is 18.7 Å². The van der Waals surface area contributed by atoms with Gasteiger partial charge in [0.15, 0.2) is 0 Å². The van der Waals surface area contributed by atoms with Crippen LogP contribution in [0.5, 0.6) is 0 Å². The van der Waals surface area contributed by atoms with Crippen molar-refractivity contribution in [1.82, 2.24) is 19.9 Å². The molecule has 0 saturated heterocycles. The number of nitrogens with one attached hydrogen (secondary N) is 1. The predicted octanol–water partition coefficient (Wildman–Crippen LogP) is 0.428. The number of hydrogen-bond donors (Lipinski definition) is 1. The molecule has 0 radical (unpaired) electrons. The van der Waals surface area contributed by atoms with Gasteiger partial charge in [-0.2, -0.15) is 0 Å². The largest absolute Gasteiger partial charge is 0.347 e. The van der Waals surface area contributed by atoms with Crippen LogP contribution in [0.2, 0.25) is 0 Å². The number of aromatic nitrogens is 3. The Hall–Kier alpha value is -2.01. The molecule has 17 heavy (non-hydrogen) atoms. The molecule has 0 saturated carbocycles. The lowest BCUT2D eigenvalue weighted by Gasteiger charge is -2.06. The topological polar surface area (TPSA) is 59.8 Å². The van der Waals surface area contributed by atoms with E-state index in [1.807, 2.05) is 18.3 Å². The van der Waals surface area contributed by atoms with Crippen LogP contribution in [0, 0.1) is 0 Å². The molecule has 2 aromatic heterocycles. The van der Waals surface area contributed by atoms with Crippen LogP contribution in [-0.2, 0) is 13.1 Å². The molecule has 0 aliphatic heterocycles. The first-order chi connectivity index (χ1) is 8.36. The van der Waals surface area contributed by atoms with Crippen LogP contribution >= 0.6 is 0 Å². The molecule has 0 atom stereocenters. The third-order valence-electron chi connectivity index (χ3n) is 2.36. The molecule has 0 bridgehead atoms. The van der Waals surface area contributed by atoms with E-state index in [4.69, 9.17) is 0 Å². The van der Waals surface area contributed by atoms with Gasteiger partial charge < -0.3 is 5.32 Å². The maximum Gasteiger partial charge on any atom is 0.347 e. The van der Waals surface area contributed by atoms with E-state index in [2.05, 4.69) is 15.3 Å². The quantitative estimate of drug-likeness (QED) is 0.757. The first kappa shape index (κ1) is 11.5. The first-order valence-corrected chi connectivity index (χ1v) is 5.47. The van der Waals surface area contributed by atoms with E-state index < -0.39 is 0 Å². The van der Waals surface area contributed by atoms with E-state index in [9.17, 15) is 4.79 Å². The molecule has 2 heterocycles. The van der Waals surface area contributed by atoms with Crippen LogP contribution in [0.15, 0.2) is 47.8 Å². The molecule has 1 N–H and O–H groups in total. The second kappa shape index (κ2) is 5.91. The van der Waals surface area contributed by atoms with Gasteiger partial charge in [0.25, 0.3) is 0 Å². The summed E-state index contributed by atoms with van der Waals surface area (Å²) in [5.74, 6) is 0. The summed E-state index contributed by atoms with van der Waals surface area (Å²) in [6.45, 7) is 2.09. The maximum absolute atomic E-state index is 11.3. The van der Waals surface area contributed by atoms with E-state index >= 15 is 0 Å². The van der Waals surface area contributed by atoms with Gasteiger partial charge in [-0.05, 0) is 17.7 Å². The summed E-state index contributed by atoms with van der Waals surface area (Å²) in [6.07, 6.45) is 6.81. The molecule has 88 valence electrons. The SMILES string of the molecule is O=c1ncccn1CCNCc1cccnc1. The summed E-state index contributed by atoms with van der Waals surface area (Å²) in [5.41, 5.74) is 0.918. The minimum Gasteiger partial charge on any atom is -0.311 e. The van der Waals surface area contributed by atoms with Crippen LogP contribution in [-0.4, -0.2) is 21.1 Å². The second-order valence-electron chi connectivity index (χ2n) is 3.63. The molecule has 0 unspecified atom stereocenters. The molecular formula is C12H14N4O. The van der Waals surface area contributed by atoms with Crippen molar-refractivity contribution in [3.63, 3.8) is 0 Å². The normalized spacial score (nSPS) is 10.4. The Kier molecular flexibility index (Phi) is 3.99. The zero-order valence-corrected chi connectivity index (χ0v) is 9.41. The van der Waals surface area contributed by atoms with Crippen LogP contribution < -0.4 is 11.0 Å². The smallest absolute Gasteiger partial charge is 0.311 e. The minimum absolute atomic E-state index is 0.212. The molecule has 0 fully saturated rings. The van der Waals surface area contributed by atoms with Gasteiger partial charge in [0.05, 0.1) is 0 Å². The highest BCUT2D eigenvalue weighted by Crippen LogP contribution is 1.93. The van der Waals surface area contributed by atoms with E-state index in [1.54, 1.807) is 23.0 Å². The minimum atomic E-state index is -0.212. The average Bonchev–Trinajstić information content (AvgIpc) is 2.38. The molecule has 2 rings (SSSR count). The molecule has 5 nitrogen and oxygen atoms in total. The van der Waals surface area contributed by atoms with Gasteiger partial charge in [0.2, 0.25) is 0 Å². The Balaban J connectivity index is 1.78. The van der Waals surface area contributed by atoms with Gasteiger partial charge in [0, 0.05) is 44.4 Å². The number of nitrogens with zero attached hydrogens (tertiary/aromatic N) is 3. The molecule has 5 heteroatoms. The lowest BCUT2D eigenvalue weighted by Crippen LogP contribution is -2.27. The fraction of sp³-hybridized carbons (Fsp3) is 0.250. The molecular weight excluding hydrogens is 216 g/mol. The third kappa shape index (κ3) is 3.49. The molecule has 0 spiro atoms. The van der Waals surface area contributed by atoms with E-state index in [0.29, 0.717) is 6.54 Å². The molecule has 0 aromatic carbocycles. The maximum atomic E-state index is 11.3. The third-order valence-corrected chi connectivity index (χ3v) is 2.36. The highest BCUT2D eigenvalue weighted by atomic mass is 16.1. The number of pyridine rings is 1. The van der Waals surface area contributed by atoms with E-state index in [1.165, 1.54) is 6.20 Å². The Labute approximate surface area is 99.2 Å². The van der Waals surface area contributed by atoms with E-state index in [-0.39, 0.29) is 5.69 Å². The number of rotatable bonds is 5. The van der Waals surface area contributed by atoms with Crippen molar-refractivity contribution in [3.05, 3.63) is 59.0 Å². The van der Waals surface area contributed by atoms with Crippen molar-refractivity contribution < 1.29 is 0 Å². The fourth-order valence-electron chi connectivity index (χ4n) is 1.49. The van der Waals surface area contributed by atoms with Crippen molar-refractivity contribution in [2.45, 2.75) is 13.1 Å². The Morgan fingerprint density at radius 2 is 2.24 bits per heavy atom. The van der Waals surface area contributed by atoms with Gasteiger partial charge in [-0.1, -0.05) is 6.07 Å². The zero-order chi connectivity index (χ0) is 11.9. The van der Waals surface area contributed by atoms with Crippen LogP contribution in [0.25, 0.3) is 0 Å². The van der Waals surface area contributed by atoms with Crippen molar-refractivity contribution in [2.75, 3.05) is 6.54 Å². The van der Waals surface area contributed by atoms with Gasteiger partial charge >= 0.3 is 5.69 Å². The number of hydrogen-bond acceptors (Lipinski definition) is 4. The summed E-state index contributed by atoms with van der Waals surface area (Å²) >= 11 is 0. The van der Waals surface area contributed by atoms with Crippen LogP contribution in [0.3, 0.4) is 0 Å². The highest BCUT2D eigenvalue weighted by Gasteiger charge is 1.95. The zero-order valence-electron chi connectivity index (χ0n) is 9.41. The fourth-order valence-corrected chi connectivity index (χ4v) is 1.49. The highest BCUT2D eigenvalue weighted by molar-refractivity contribution is 5.07. The summed E-state index contributed by atoms with van der Waals surface area (Å²) < 4.78 is 1.58. The second-order valence-corrected chi connectivity index (χ2v) is 3.63. The monoisotopic (exact) mass is 230 g/mol.